The highest BCUT2D eigenvalue weighted by Crippen LogP contribution is 2.43. The maximum absolute atomic E-state index is 9.99. The molecular weight excluding hydrogens is 372 g/mol. The Morgan fingerprint density at radius 3 is 2.67 bits per heavy atom. The van der Waals surface area contributed by atoms with E-state index >= 15 is 0 Å². The van der Waals surface area contributed by atoms with Crippen LogP contribution in [0.5, 0.6) is 0 Å². The second kappa shape index (κ2) is 8.26. The van der Waals surface area contributed by atoms with Crippen LogP contribution in [0, 0.1) is 11.3 Å². The molecule has 1 N–H and O–H groups in total. The first kappa shape index (κ1) is 18.2. The molecule has 0 fully saturated rings. The predicted octanol–water partition coefficient (Wildman–Crippen LogP) is 5.39. The van der Waals surface area contributed by atoms with Gasteiger partial charge in [0.15, 0.2) is 0 Å². The van der Waals surface area contributed by atoms with Gasteiger partial charge in [-0.25, -0.2) is 4.98 Å². The number of hydrogen-bond donors (Lipinski definition) is 1. The van der Waals surface area contributed by atoms with E-state index in [9.17, 15) is 10.4 Å². The number of hydrogen-bond acceptors (Lipinski definition) is 5. The van der Waals surface area contributed by atoms with Gasteiger partial charge in [-0.05, 0) is 48.3 Å². The summed E-state index contributed by atoms with van der Waals surface area (Å²) in [7, 11) is 0. The van der Waals surface area contributed by atoms with Gasteiger partial charge in [-0.15, -0.1) is 11.3 Å². The summed E-state index contributed by atoms with van der Waals surface area (Å²) < 4.78 is 0. The van der Waals surface area contributed by atoms with E-state index in [1.54, 1.807) is 11.3 Å². The van der Waals surface area contributed by atoms with Gasteiger partial charge in [0.2, 0.25) is 0 Å². The number of fused-ring (bicyclic) bond motifs is 1. The normalized spacial score (nSPS) is 14.4. The smallest absolute Gasteiger partial charge is 0.115 e. The topological polar surface area (TPSA) is 56.9 Å². The molecule has 2 aromatic heterocycles. The zero-order valence-corrected chi connectivity index (χ0v) is 16.5. The second-order valence-electron chi connectivity index (χ2n) is 6.59. The van der Waals surface area contributed by atoms with Crippen LogP contribution in [0.25, 0.3) is 10.4 Å². The summed E-state index contributed by atoms with van der Waals surface area (Å²) >= 11 is 3.17. The standard InChI is InChI=1S/C22H20N2OS2/c23-13-17-21(19-11-6-12-26-19)16-9-4-5-10-18(16)24-22(17)27-20(14-25)15-7-2-1-3-8-15/h1-3,6-8,11-12,20,25H,4-5,9-10,14H2. The molecular formula is C22H20N2OS2. The van der Waals surface area contributed by atoms with Crippen LogP contribution in [0.1, 0.15) is 40.5 Å². The van der Waals surface area contributed by atoms with Crippen LogP contribution < -0.4 is 0 Å². The lowest BCUT2D eigenvalue weighted by molar-refractivity contribution is 0.296. The zero-order valence-electron chi connectivity index (χ0n) is 14.9. The van der Waals surface area contributed by atoms with Gasteiger partial charge < -0.3 is 5.11 Å². The average Bonchev–Trinajstić information content (AvgIpc) is 3.26. The minimum atomic E-state index is -0.136. The molecule has 1 aliphatic carbocycles. The Labute approximate surface area is 167 Å². The van der Waals surface area contributed by atoms with Gasteiger partial charge in [-0.2, -0.15) is 5.26 Å². The predicted molar refractivity (Wildman–Crippen MR) is 111 cm³/mol. The Hall–Kier alpha value is -2.13. The molecule has 3 nitrogen and oxygen atoms in total. The summed E-state index contributed by atoms with van der Waals surface area (Å²) in [5, 5.41) is 22.6. The molecule has 136 valence electrons. The summed E-state index contributed by atoms with van der Waals surface area (Å²) in [5.74, 6) is 0. The summed E-state index contributed by atoms with van der Waals surface area (Å²) in [4.78, 5) is 6.04. The van der Waals surface area contributed by atoms with Crippen LogP contribution in [0.15, 0.2) is 52.9 Å². The number of aliphatic hydroxyl groups is 1. The summed E-state index contributed by atoms with van der Waals surface area (Å²) in [6, 6.07) is 16.5. The first-order chi connectivity index (χ1) is 13.3. The van der Waals surface area contributed by atoms with Gasteiger partial charge in [0, 0.05) is 16.1 Å². The minimum absolute atomic E-state index is 0.00660. The van der Waals surface area contributed by atoms with Crippen LogP contribution in [0.3, 0.4) is 0 Å². The Balaban J connectivity index is 1.83. The van der Waals surface area contributed by atoms with E-state index in [0.717, 1.165) is 52.4 Å². The third-order valence-corrected chi connectivity index (χ3v) is 7.02. The number of aliphatic hydroxyl groups excluding tert-OH is 1. The van der Waals surface area contributed by atoms with Crippen LogP contribution in [-0.4, -0.2) is 16.7 Å². The fourth-order valence-electron chi connectivity index (χ4n) is 3.61. The van der Waals surface area contributed by atoms with Crippen LogP contribution >= 0.6 is 23.1 Å². The SMILES string of the molecule is N#Cc1c(SC(CO)c2ccccc2)nc2c(c1-c1cccs1)CCCC2. The summed E-state index contributed by atoms with van der Waals surface area (Å²) in [5.41, 5.74) is 5.12. The fraction of sp³-hybridized carbons (Fsp3) is 0.273. The minimum Gasteiger partial charge on any atom is -0.395 e. The molecule has 4 rings (SSSR count). The number of rotatable bonds is 5. The number of aromatic nitrogens is 1. The molecule has 0 saturated heterocycles. The first-order valence-corrected chi connectivity index (χ1v) is 10.9. The molecule has 1 aromatic carbocycles. The highest BCUT2D eigenvalue weighted by molar-refractivity contribution is 7.99. The number of nitriles is 1. The van der Waals surface area contributed by atoms with Crippen molar-refractivity contribution in [2.75, 3.05) is 6.61 Å². The molecule has 0 aliphatic heterocycles. The molecule has 0 bridgehead atoms. The zero-order chi connectivity index (χ0) is 18.6. The Morgan fingerprint density at radius 2 is 1.96 bits per heavy atom. The lowest BCUT2D eigenvalue weighted by Gasteiger charge is -2.22. The molecule has 1 unspecified atom stereocenters. The van der Waals surface area contributed by atoms with Crippen LogP contribution in [0.2, 0.25) is 0 Å². The highest BCUT2D eigenvalue weighted by atomic mass is 32.2. The maximum Gasteiger partial charge on any atom is 0.115 e. The van der Waals surface area contributed by atoms with E-state index < -0.39 is 0 Å². The van der Waals surface area contributed by atoms with Gasteiger partial charge in [-0.1, -0.05) is 48.2 Å². The molecule has 27 heavy (non-hydrogen) atoms. The molecule has 0 saturated carbocycles. The summed E-state index contributed by atoms with van der Waals surface area (Å²) in [6.45, 7) is 0.00660. The quantitative estimate of drug-likeness (QED) is 0.592. The molecule has 3 aromatic rings. The van der Waals surface area contributed by atoms with Crippen molar-refractivity contribution in [1.82, 2.24) is 4.98 Å². The monoisotopic (exact) mass is 392 g/mol. The Bertz CT molecular complexity index is 962. The van der Waals surface area contributed by atoms with Crippen molar-refractivity contribution in [3.8, 4) is 16.5 Å². The molecule has 1 aliphatic rings. The van der Waals surface area contributed by atoms with Crippen molar-refractivity contribution in [3.63, 3.8) is 0 Å². The first-order valence-electron chi connectivity index (χ1n) is 9.14. The number of thioether (sulfide) groups is 1. The number of pyridine rings is 1. The fourth-order valence-corrected chi connectivity index (χ4v) is 5.48. The molecule has 0 spiro atoms. The van der Waals surface area contributed by atoms with E-state index in [4.69, 9.17) is 4.98 Å². The maximum atomic E-state index is 9.99. The Kier molecular flexibility index (Phi) is 5.58. The van der Waals surface area contributed by atoms with Crippen LogP contribution in [0.4, 0.5) is 0 Å². The number of nitrogens with zero attached hydrogens (tertiary/aromatic N) is 2. The number of thiophene rings is 1. The van der Waals surface area contributed by atoms with Crippen molar-refractivity contribution in [2.45, 2.75) is 36.0 Å². The third-order valence-electron chi connectivity index (χ3n) is 4.91. The van der Waals surface area contributed by atoms with Crippen molar-refractivity contribution >= 4 is 23.1 Å². The van der Waals surface area contributed by atoms with Crippen LogP contribution in [-0.2, 0) is 12.8 Å². The van der Waals surface area contributed by atoms with E-state index in [1.807, 2.05) is 36.4 Å². The van der Waals surface area contributed by atoms with E-state index in [1.165, 1.54) is 17.3 Å². The average molecular weight is 393 g/mol. The number of benzene rings is 1. The molecule has 0 radical (unpaired) electrons. The number of aryl methyl sites for hydroxylation is 1. The van der Waals surface area contributed by atoms with Gasteiger partial charge in [0.1, 0.15) is 11.1 Å². The lowest BCUT2D eigenvalue weighted by atomic mass is 9.89. The Morgan fingerprint density at radius 1 is 1.15 bits per heavy atom. The van der Waals surface area contributed by atoms with E-state index in [2.05, 4.69) is 17.5 Å². The molecule has 0 amide bonds. The largest absolute Gasteiger partial charge is 0.395 e. The van der Waals surface area contributed by atoms with E-state index in [-0.39, 0.29) is 11.9 Å². The van der Waals surface area contributed by atoms with Gasteiger partial charge in [0.05, 0.1) is 17.4 Å². The van der Waals surface area contributed by atoms with E-state index in [0.29, 0.717) is 5.56 Å². The molecule has 1 atom stereocenters. The third kappa shape index (κ3) is 3.66. The molecule has 5 heteroatoms. The van der Waals surface area contributed by atoms with Crippen molar-refractivity contribution in [3.05, 3.63) is 70.2 Å². The van der Waals surface area contributed by atoms with Crippen molar-refractivity contribution < 1.29 is 5.11 Å². The molecule has 2 heterocycles. The lowest BCUT2D eigenvalue weighted by Crippen LogP contribution is -2.11. The highest BCUT2D eigenvalue weighted by Gasteiger charge is 2.25. The van der Waals surface area contributed by atoms with Crippen molar-refractivity contribution in [1.29, 1.82) is 5.26 Å². The van der Waals surface area contributed by atoms with Gasteiger partial charge >= 0.3 is 0 Å². The second-order valence-corrected chi connectivity index (χ2v) is 8.73. The van der Waals surface area contributed by atoms with Gasteiger partial charge in [0.25, 0.3) is 0 Å². The van der Waals surface area contributed by atoms with Crippen molar-refractivity contribution in [2.24, 2.45) is 0 Å². The van der Waals surface area contributed by atoms with Gasteiger partial charge in [-0.3, -0.25) is 0 Å². The summed E-state index contributed by atoms with van der Waals surface area (Å²) in [6.07, 6.45) is 4.23.